The van der Waals surface area contributed by atoms with Gasteiger partial charge in [0.1, 0.15) is 11.2 Å². The van der Waals surface area contributed by atoms with Crippen LogP contribution < -0.4 is 5.32 Å². The first-order valence-corrected chi connectivity index (χ1v) is 6.13. The fraction of sp³-hybridized carbons (Fsp3) is 0.273. The van der Waals surface area contributed by atoms with Crippen molar-refractivity contribution in [1.82, 2.24) is 10.3 Å². The zero-order valence-electron chi connectivity index (χ0n) is 9.97. The van der Waals surface area contributed by atoms with Crippen LogP contribution in [0.25, 0.3) is 0 Å². The molecule has 0 fully saturated rings. The van der Waals surface area contributed by atoms with Crippen LogP contribution in [0.2, 0.25) is 10.2 Å². The van der Waals surface area contributed by atoms with Gasteiger partial charge in [0.15, 0.2) is 0 Å². The summed E-state index contributed by atoms with van der Waals surface area (Å²) in [4.78, 5) is 36.8. The molecule has 9 heteroatoms. The van der Waals surface area contributed by atoms with Gasteiger partial charge in [-0.05, 0) is 12.5 Å². The topological polar surface area (TPSA) is 117 Å². The maximum absolute atomic E-state index is 11.8. The molecule has 0 saturated heterocycles. The number of aromatic nitrogens is 1. The van der Waals surface area contributed by atoms with E-state index in [1.54, 1.807) is 0 Å². The molecule has 1 atom stereocenters. The van der Waals surface area contributed by atoms with E-state index >= 15 is 0 Å². The van der Waals surface area contributed by atoms with Crippen molar-refractivity contribution in [2.45, 2.75) is 18.9 Å². The van der Waals surface area contributed by atoms with Crippen LogP contribution in [0, 0.1) is 0 Å². The van der Waals surface area contributed by atoms with E-state index in [2.05, 4.69) is 10.3 Å². The van der Waals surface area contributed by atoms with Gasteiger partial charge in [0, 0.05) is 12.6 Å². The van der Waals surface area contributed by atoms with E-state index in [1.807, 2.05) is 0 Å². The van der Waals surface area contributed by atoms with Crippen LogP contribution in [0.5, 0.6) is 0 Å². The van der Waals surface area contributed by atoms with Crippen LogP contribution in [-0.4, -0.2) is 39.1 Å². The number of hydrogen-bond acceptors (Lipinski definition) is 4. The predicted octanol–water partition coefficient (Wildman–Crippen LogP) is 1.44. The summed E-state index contributed by atoms with van der Waals surface area (Å²) in [6, 6.07) is -0.0736. The van der Waals surface area contributed by atoms with Gasteiger partial charge in [-0.15, -0.1) is 0 Å². The largest absolute Gasteiger partial charge is 0.481 e. The van der Waals surface area contributed by atoms with Crippen molar-refractivity contribution >= 4 is 41.0 Å². The zero-order chi connectivity index (χ0) is 15.3. The van der Waals surface area contributed by atoms with Crippen molar-refractivity contribution in [2.75, 3.05) is 0 Å². The van der Waals surface area contributed by atoms with E-state index in [4.69, 9.17) is 33.4 Å². The van der Waals surface area contributed by atoms with Crippen LogP contribution in [0.15, 0.2) is 12.3 Å². The van der Waals surface area contributed by atoms with Gasteiger partial charge >= 0.3 is 11.9 Å². The molecular formula is C11H10Cl2N2O5. The van der Waals surface area contributed by atoms with Gasteiger partial charge in [-0.3, -0.25) is 9.59 Å². The zero-order valence-corrected chi connectivity index (χ0v) is 11.5. The number of aliphatic carboxylic acids is 2. The highest BCUT2D eigenvalue weighted by molar-refractivity contribution is 6.41. The molecule has 1 aromatic heterocycles. The van der Waals surface area contributed by atoms with Crippen LogP contribution in [0.1, 0.15) is 23.2 Å². The molecule has 7 nitrogen and oxygen atoms in total. The first kappa shape index (κ1) is 16.2. The van der Waals surface area contributed by atoms with Gasteiger partial charge in [0.25, 0.3) is 5.91 Å². The number of carboxylic acids is 2. The highest BCUT2D eigenvalue weighted by Gasteiger charge is 2.22. The molecule has 3 N–H and O–H groups in total. The van der Waals surface area contributed by atoms with Gasteiger partial charge < -0.3 is 15.5 Å². The Labute approximate surface area is 123 Å². The first-order valence-electron chi connectivity index (χ1n) is 5.37. The van der Waals surface area contributed by atoms with Crippen molar-refractivity contribution in [3.63, 3.8) is 0 Å². The third-order valence-corrected chi connectivity index (χ3v) is 2.99. The second-order valence-electron chi connectivity index (χ2n) is 3.79. The Hall–Kier alpha value is -1.86. The predicted molar refractivity (Wildman–Crippen MR) is 70.0 cm³/mol. The Balaban J connectivity index is 2.77. The summed E-state index contributed by atoms with van der Waals surface area (Å²) in [6.45, 7) is 0. The lowest BCUT2D eigenvalue weighted by Crippen LogP contribution is -2.41. The van der Waals surface area contributed by atoms with Gasteiger partial charge in [0.2, 0.25) is 0 Å². The van der Waals surface area contributed by atoms with E-state index in [9.17, 15) is 14.4 Å². The Morgan fingerprint density at radius 3 is 2.45 bits per heavy atom. The van der Waals surface area contributed by atoms with E-state index in [-0.39, 0.29) is 28.6 Å². The number of carboxylic acid groups (broad SMARTS) is 2. The molecule has 1 aromatic rings. The molecule has 1 unspecified atom stereocenters. The van der Waals surface area contributed by atoms with E-state index < -0.39 is 23.9 Å². The maximum Gasteiger partial charge on any atom is 0.326 e. The van der Waals surface area contributed by atoms with Gasteiger partial charge in [0.05, 0.1) is 10.6 Å². The van der Waals surface area contributed by atoms with Crippen LogP contribution >= 0.6 is 23.2 Å². The summed E-state index contributed by atoms with van der Waals surface area (Å²) in [6.07, 6.45) is 0.529. The quantitative estimate of drug-likeness (QED) is 0.683. The summed E-state index contributed by atoms with van der Waals surface area (Å²) < 4.78 is 0. The van der Waals surface area contributed by atoms with Gasteiger partial charge in [-0.1, -0.05) is 23.2 Å². The average molecular weight is 321 g/mol. The van der Waals surface area contributed by atoms with Crippen molar-refractivity contribution in [2.24, 2.45) is 0 Å². The first-order chi connectivity index (χ1) is 9.31. The molecular weight excluding hydrogens is 311 g/mol. The lowest BCUT2D eigenvalue weighted by molar-refractivity contribution is -0.140. The molecule has 0 saturated carbocycles. The molecule has 0 aliphatic rings. The number of carbonyl (C=O) groups excluding carboxylic acids is 1. The van der Waals surface area contributed by atoms with E-state index in [0.717, 1.165) is 6.20 Å². The molecule has 0 spiro atoms. The molecule has 1 amide bonds. The lowest BCUT2D eigenvalue weighted by atomic mass is 10.1. The maximum atomic E-state index is 11.8. The number of rotatable bonds is 6. The molecule has 1 heterocycles. The van der Waals surface area contributed by atoms with Crippen LogP contribution in [0.3, 0.4) is 0 Å². The number of pyridine rings is 1. The monoisotopic (exact) mass is 320 g/mol. The standard InChI is InChI=1S/C11H10Cl2N2O5/c12-6-3-5(4-14-9(6)13)10(18)15-7(11(19)20)1-2-8(16)17/h3-4,7H,1-2H2,(H,15,18)(H,16,17)(H,19,20). The Morgan fingerprint density at radius 2 is 1.95 bits per heavy atom. The summed E-state index contributed by atoms with van der Waals surface area (Å²) in [7, 11) is 0. The van der Waals surface area contributed by atoms with Gasteiger partial charge in [-0.25, -0.2) is 9.78 Å². The SMILES string of the molecule is O=C(O)CCC(NC(=O)c1cnc(Cl)c(Cl)c1)C(=O)O. The van der Waals surface area contributed by atoms with Crippen LogP contribution in [0.4, 0.5) is 0 Å². The number of hydrogen-bond donors (Lipinski definition) is 3. The lowest BCUT2D eigenvalue weighted by Gasteiger charge is -2.13. The number of halogens is 2. The molecule has 0 aromatic carbocycles. The molecule has 0 aliphatic carbocycles. The van der Waals surface area contributed by atoms with Crippen molar-refractivity contribution < 1.29 is 24.6 Å². The number of amides is 1. The Morgan fingerprint density at radius 1 is 1.30 bits per heavy atom. The third-order valence-electron chi connectivity index (χ3n) is 2.31. The van der Waals surface area contributed by atoms with Crippen molar-refractivity contribution in [3.05, 3.63) is 28.0 Å². The minimum Gasteiger partial charge on any atom is -0.481 e. The Bertz CT molecular complexity index is 550. The van der Waals surface area contributed by atoms with Crippen molar-refractivity contribution in [3.8, 4) is 0 Å². The molecule has 108 valence electrons. The fourth-order valence-electron chi connectivity index (χ4n) is 1.31. The second kappa shape index (κ2) is 7.06. The second-order valence-corrected chi connectivity index (χ2v) is 4.56. The molecule has 20 heavy (non-hydrogen) atoms. The summed E-state index contributed by atoms with van der Waals surface area (Å²) in [5.74, 6) is -3.21. The van der Waals surface area contributed by atoms with E-state index in [0.29, 0.717) is 0 Å². The molecule has 0 bridgehead atoms. The average Bonchev–Trinajstić information content (AvgIpc) is 2.36. The minimum atomic E-state index is -1.33. The smallest absolute Gasteiger partial charge is 0.326 e. The highest BCUT2D eigenvalue weighted by atomic mass is 35.5. The molecule has 0 radical (unpaired) electrons. The number of carbonyl (C=O) groups is 3. The minimum absolute atomic E-state index is 0.0175. The number of nitrogens with zero attached hydrogens (tertiary/aromatic N) is 1. The summed E-state index contributed by atoms with van der Waals surface area (Å²) in [5.41, 5.74) is 0.0287. The number of nitrogens with one attached hydrogen (secondary N) is 1. The molecule has 1 rings (SSSR count). The van der Waals surface area contributed by atoms with Crippen molar-refractivity contribution in [1.29, 1.82) is 0 Å². The molecule has 0 aliphatic heterocycles. The highest BCUT2D eigenvalue weighted by Crippen LogP contribution is 2.19. The Kier molecular flexibility index (Phi) is 5.72. The van der Waals surface area contributed by atoms with Gasteiger partial charge in [-0.2, -0.15) is 0 Å². The third kappa shape index (κ3) is 4.67. The van der Waals surface area contributed by atoms with E-state index in [1.165, 1.54) is 6.07 Å². The fourth-order valence-corrected chi connectivity index (χ4v) is 1.58. The normalized spacial score (nSPS) is 11.7. The van der Waals surface area contributed by atoms with Crippen LogP contribution in [-0.2, 0) is 9.59 Å². The summed E-state index contributed by atoms with van der Waals surface area (Å²) in [5, 5.41) is 19.7. The summed E-state index contributed by atoms with van der Waals surface area (Å²) >= 11 is 11.3.